The number of benzene rings is 10. The van der Waals surface area contributed by atoms with Crippen molar-refractivity contribution in [3.8, 4) is 77.9 Å². The third-order valence-corrected chi connectivity index (χ3v) is 14.2. The van der Waals surface area contributed by atoms with Gasteiger partial charge in [-0.2, -0.15) is 0 Å². The second-order valence-electron chi connectivity index (χ2n) is 17.6. The molecule has 0 N–H and O–H groups in total. The molecular weight excluding hydrogens is 770 g/mol. The Morgan fingerprint density at radius 1 is 0.219 bits per heavy atom. The van der Waals surface area contributed by atoms with E-state index in [4.69, 9.17) is 0 Å². The van der Waals surface area contributed by atoms with E-state index in [0.29, 0.717) is 0 Å². The van der Waals surface area contributed by atoms with Gasteiger partial charge in [-0.15, -0.1) is 0 Å². The van der Waals surface area contributed by atoms with Crippen molar-refractivity contribution in [3.63, 3.8) is 0 Å². The van der Waals surface area contributed by atoms with Crippen LogP contribution >= 0.6 is 0 Å². The lowest BCUT2D eigenvalue weighted by atomic mass is 9.37. The molecule has 10 aromatic carbocycles. The van der Waals surface area contributed by atoms with Gasteiger partial charge < -0.3 is 9.62 Å². The lowest BCUT2D eigenvalue weighted by Gasteiger charge is -2.50. The van der Waals surface area contributed by atoms with Crippen LogP contribution in [0.25, 0.3) is 77.9 Å². The summed E-state index contributed by atoms with van der Waals surface area (Å²) in [5, 5.41) is 0. The zero-order valence-electron chi connectivity index (χ0n) is 35.0. The van der Waals surface area contributed by atoms with Crippen molar-refractivity contribution in [1.29, 1.82) is 0 Å². The summed E-state index contributed by atoms with van der Waals surface area (Å²) in [4.78, 5) is 5.31. The topological polar surface area (TPSA) is 6.48 Å². The van der Waals surface area contributed by atoms with Gasteiger partial charge in [-0.05, 0) is 132 Å². The summed E-state index contributed by atoms with van der Waals surface area (Å²) in [6, 6.07) is 86.1. The molecule has 0 saturated carbocycles. The van der Waals surface area contributed by atoms with E-state index in [-0.39, 0.29) is 13.7 Å². The molecule has 294 valence electrons. The van der Waals surface area contributed by atoms with Gasteiger partial charge in [0.1, 0.15) is 0 Å². The summed E-state index contributed by atoms with van der Waals surface area (Å²) >= 11 is 0. The standard InChI is InChI=1S/C60H38B2N2/c1-5-15-39(16-6-1)43-27-31-51-47(35-43)49-37-45(41-19-9-3-10-20-41)29-33-55(49)63-57-25-14-26-58-60(57)59-53(61(51)63)23-13-24-54(59)62-52-32-28-44(40-17-7-2-8-18-40)36-48(52)50-38-46(30-34-56(50)64(58)62)42-21-11-4-12-22-42/h1-38H. The first-order chi connectivity index (χ1) is 31.8. The molecule has 64 heavy (non-hydrogen) atoms. The maximum absolute atomic E-state index is 2.66. The number of fused-ring (bicyclic) bond motifs is 16. The molecule has 14 rings (SSSR count). The van der Waals surface area contributed by atoms with Gasteiger partial charge in [0.25, 0.3) is 0 Å². The first-order valence-electron chi connectivity index (χ1n) is 22.4. The largest absolute Gasteiger partial charge is 0.376 e. The minimum Gasteiger partial charge on any atom is -0.376 e. The zero-order valence-corrected chi connectivity index (χ0v) is 35.0. The second kappa shape index (κ2) is 13.7. The van der Waals surface area contributed by atoms with Crippen LogP contribution in [0, 0.1) is 0 Å². The summed E-state index contributed by atoms with van der Waals surface area (Å²) < 4.78 is 0. The Kier molecular flexibility index (Phi) is 7.61. The van der Waals surface area contributed by atoms with E-state index in [9.17, 15) is 0 Å². The number of nitrogens with zero attached hydrogens (tertiary/aromatic N) is 2. The van der Waals surface area contributed by atoms with Gasteiger partial charge in [-0.25, -0.2) is 0 Å². The lowest BCUT2D eigenvalue weighted by molar-refractivity contribution is 1.30. The average molecular weight is 809 g/mol. The van der Waals surface area contributed by atoms with Gasteiger partial charge in [-0.3, -0.25) is 0 Å². The van der Waals surface area contributed by atoms with Crippen molar-refractivity contribution >= 4 is 58.3 Å². The summed E-state index contributed by atoms with van der Waals surface area (Å²) in [6.45, 7) is -0.0215. The highest BCUT2D eigenvalue weighted by Crippen LogP contribution is 2.54. The molecule has 0 radical (unpaired) electrons. The first kappa shape index (κ1) is 35.5. The van der Waals surface area contributed by atoms with E-state index in [0.717, 1.165) is 0 Å². The number of hydrogen-bond donors (Lipinski definition) is 0. The molecular formula is C60H38B2N2. The average Bonchev–Trinajstić information content (AvgIpc) is 3.38. The van der Waals surface area contributed by atoms with E-state index >= 15 is 0 Å². The van der Waals surface area contributed by atoms with Crippen molar-refractivity contribution < 1.29 is 0 Å². The highest BCUT2D eigenvalue weighted by molar-refractivity contribution is 6.97. The third kappa shape index (κ3) is 5.11. The Balaban J connectivity index is 1.03. The van der Waals surface area contributed by atoms with Crippen molar-refractivity contribution in [2.75, 3.05) is 9.62 Å². The smallest absolute Gasteiger partial charge is 0.329 e. The van der Waals surface area contributed by atoms with Crippen LogP contribution in [0.1, 0.15) is 0 Å². The molecule has 0 spiro atoms. The Morgan fingerprint density at radius 3 is 0.953 bits per heavy atom. The zero-order chi connectivity index (χ0) is 41.9. The maximum Gasteiger partial charge on any atom is 0.329 e. The van der Waals surface area contributed by atoms with E-state index < -0.39 is 0 Å². The van der Waals surface area contributed by atoms with Crippen LogP contribution in [0.2, 0.25) is 0 Å². The van der Waals surface area contributed by atoms with Crippen LogP contribution in [-0.4, -0.2) is 13.7 Å². The number of hydrogen-bond acceptors (Lipinski definition) is 2. The fourth-order valence-corrected chi connectivity index (χ4v) is 11.4. The van der Waals surface area contributed by atoms with E-state index in [2.05, 4.69) is 240 Å². The fourth-order valence-electron chi connectivity index (χ4n) is 11.4. The van der Waals surface area contributed by atoms with Crippen molar-refractivity contribution in [3.05, 3.63) is 231 Å². The monoisotopic (exact) mass is 808 g/mol. The van der Waals surface area contributed by atoms with Gasteiger partial charge in [0.2, 0.25) is 0 Å². The molecule has 4 heteroatoms. The maximum atomic E-state index is 2.66. The van der Waals surface area contributed by atoms with E-state index in [1.807, 2.05) is 0 Å². The highest BCUT2D eigenvalue weighted by Gasteiger charge is 2.50. The molecule has 4 aliphatic rings. The van der Waals surface area contributed by atoms with Gasteiger partial charge in [0.05, 0.1) is 0 Å². The normalized spacial score (nSPS) is 13.2. The molecule has 0 saturated heterocycles. The third-order valence-electron chi connectivity index (χ3n) is 14.2. The predicted molar refractivity (Wildman–Crippen MR) is 272 cm³/mol. The molecule has 0 aromatic heterocycles. The SMILES string of the molecule is c1ccc(-c2ccc3c(c2)-c2cc(-c4ccccc4)ccc2N2B3c3cccc4c3-c3c2cccc3N2B4c3ccc(-c4ccccc4)cc3-c3cc(-c4ccccc4)ccc32)cc1. The number of rotatable bonds is 4. The van der Waals surface area contributed by atoms with E-state index in [1.165, 1.54) is 122 Å². The quantitative estimate of drug-likeness (QED) is 0.163. The number of anilines is 4. The summed E-state index contributed by atoms with van der Waals surface area (Å²) in [5.74, 6) is 0. The summed E-state index contributed by atoms with van der Waals surface area (Å²) in [6.07, 6.45) is 0. The Bertz CT molecular complexity index is 3050. The van der Waals surface area contributed by atoms with E-state index in [1.54, 1.807) is 0 Å². The van der Waals surface area contributed by atoms with Gasteiger partial charge in [0, 0.05) is 39.4 Å². The van der Waals surface area contributed by atoms with Crippen LogP contribution < -0.4 is 31.5 Å². The first-order valence-corrected chi connectivity index (χ1v) is 22.4. The molecule has 10 aromatic rings. The lowest BCUT2D eigenvalue weighted by Crippen LogP contribution is -2.65. The fraction of sp³-hybridized carbons (Fsp3) is 0. The van der Waals surface area contributed by atoms with Crippen molar-refractivity contribution in [2.24, 2.45) is 0 Å². The van der Waals surface area contributed by atoms with Gasteiger partial charge in [-0.1, -0.05) is 182 Å². The molecule has 4 aliphatic heterocycles. The Morgan fingerprint density at radius 2 is 0.562 bits per heavy atom. The molecule has 0 aliphatic carbocycles. The molecule has 4 heterocycles. The predicted octanol–water partition coefficient (Wildman–Crippen LogP) is 12.5. The molecule has 0 bridgehead atoms. The molecule has 0 unspecified atom stereocenters. The Hall–Kier alpha value is -8.07. The van der Waals surface area contributed by atoms with Crippen LogP contribution in [-0.2, 0) is 0 Å². The van der Waals surface area contributed by atoms with Crippen molar-refractivity contribution in [1.82, 2.24) is 0 Å². The van der Waals surface area contributed by atoms with Gasteiger partial charge in [0.15, 0.2) is 0 Å². The highest BCUT2D eigenvalue weighted by atomic mass is 15.1. The van der Waals surface area contributed by atoms with Crippen LogP contribution in [0.3, 0.4) is 0 Å². The molecule has 2 nitrogen and oxygen atoms in total. The molecule has 0 fully saturated rings. The molecule has 0 atom stereocenters. The Labute approximate surface area is 374 Å². The minimum atomic E-state index is -0.0108. The summed E-state index contributed by atoms with van der Waals surface area (Å²) in [7, 11) is 0. The van der Waals surface area contributed by atoms with Crippen LogP contribution in [0.4, 0.5) is 22.7 Å². The van der Waals surface area contributed by atoms with Gasteiger partial charge >= 0.3 is 13.7 Å². The van der Waals surface area contributed by atoms with Crippen LogP contribution in [0.5, 0.6) is 0 Å². The minimum absolute atomic E-state index is 0.0108. The second-order valence-corrected chi connectivity index (χ2v) is 17.6. The summed E-state index contributed by atoms with van der Waals surface area (Å²) in [5.41, 5.74) is 28.0. The molecule has 0 amide bonds. The van der Waals surface area contributed by atoms with Crippen molar-refractivity contribution in [2.45, 2.75) is 0 Å². The van der Waals surface area contributed by atoms with Crippen LogP contribution in [0.15, 0.2) is 231 Å².